The summed E-state index contributed by atoms with van der Waals surface area (Å²) >= 11 is 0. The van der Waals surface area contributed by atoms with E-state index in [1.54, 1.807) is 32.9 Å². The van der Waals surface area contributed by atoms with E-state index in [4.69, 9.17) is 0 Å². The second-order valence-electron chi connectivity index (χ2n) is 6.71. The number of aliphatic carboxylic acids is 1. The lowest BCUT2D eigenvalue weighted by Gasteiger charge is -2.31. The van der Waals surface area contributed by atoms with Gasteiger partial charge in [0.1, 0.15) is 5.54 Å². The van der Waals surface area contributed by atoms with Gasteiger partial charge in [-0.2, -0.15) is 4.31 Å². The number of aryl methyl sites for hydroxylation is 1. The molecule has 0 spiro atoms. The van der Waals surface area contributed by atoms with Crippen LogP contribution in [-0.4, -0.2) is 59.8 Å². The molecule has 0 aliphatic carbocycles. The summed E-state index contributed by atoms with van der Waals surface area (Å²) in [6.45, 7) is 7.73. The van der Waals surface area contributed by atoms with Crippen LogP contribution >= 0.6 is 0 Å². The summed E-state index contributed by atoms with van der Waals surface area (Å²) in [5.74, 6) is -1.50. The Hall–Kier alpha value is -1.93. The fraction of sp³-hybridized carbons (Fsp3) is 0.556. The molecule has 1 amide bonds. The first-order chi connectivity index (χ1) is 12.1. The number of hydrogen-bond donors (Lipinski definition) is 1. The molecule has 0 bridgehead atoms. The summed E-state index contributed by atoms with van der Waals surface area (Å²) in [5.41, 5.74) is -0.522. The third-order valence-corrected chi connectivity index (χ3v) is 7.30. The highest BCUT2D eigenvalue weighted by Gasteiger charge is 2.46. The Morgan fingerprint density at radius 1 is 1.27 bits per heavy atom. The first kappa shape index (κ1) is 20.4. The van der Waals surface area contributed by atoms with Crippen molar-refractivity contribution in [2.45, 2.75) is 51.0 Å². The fourth-order valence-electron chi connectivity index (χ4n) is 3.38. The molecule has 2 rings (SSSR count). The minimum Gasteiger partial charge on any atom is -0.480 e. The van der Waals surface area contributed by atoms with Crippen LogP contribution in [0.25, 0.3) is 0 Å². The van der Waals surface area contributed by atoms with Crippen molar-refractivity contribution in [1.29, 1.82) is 0 Å². The van der Waals surface area contributed by atoms with Gasteiger partial charge in [-0.15, -0.1) is 0 Å². The first-order valence-electron chi connectivity index (χ1n) is 8.75. The van der Waals surface area contributed by atoms with E-state index >= 15 is 0 Å². The summed E-state index contributed by atoms with van der Waals surface area (Å²) < 4.78 is 27.0. The number of amides is 1. The lowest BCUT2D eigenvalue weighted by Crippen LogP contribution is -2.50. The number of hydrogen-bond acceptors (Lipinski definition) is 4. The van der Waals surface area contributed by atoms with Crippen LogP contribution in [0.5, 0.6) is 0 Å². The molecule has 1 aliphatic rings. The predicted octanol–water partition coefficient (Wildman–Crippen LogP) is 2.10. The normalized spacial score (nSPS) is 20.6. The quantitative estimate of drug-likeness (QED) is 0.813. The molecule has 1 heterocycles. The van der Waals surface area contributed by atoms with E-state index in [2.05, 4.69) is 0 Å². The van der Waals surface area contributed by atoms with Crippen molar-refractivity contribution in [3.05, 3.63) is 29.3 Å². The number of carbonyl (C=O) groups excluding carboxylic acids is 1. The number of benzene rings is 1. The molecular weight excluding hydrogens is 356 g/mol. The molecule has 1 aromatic rings. The number of carboxylic acid groups (broad SMARTS) is 1. The predicted molar refractivity (Wildman–Crippen MR) is 97.6 cm³/mol. The standard InChI is InChI=1S/C18H26N2O5S/c1-5-19(6-2)26(24,25)15-12-14(9-8-13(15)3)16(21)20-11-7-10-18(20,4)17(22)23/h8-9,12H,5-7,10-11H2,1-4H3,(H,22,23). The monoisotopic (exact) mass is 382 g/mol. The number of likely N-dealkylation sites (tertiary alicyclic amines) is 1. The van der Waals surface area contributed by atoms with E-state index in [0.29, 0.717) is 38.0 Å². The Morgan fingerprint density at radius 3 is 2.42 bits per heavy atom. The van der Waals surface area contributed by atoms with Crippen molar-refractivity contribution in [3.63, 3.8) is 0 Å². The van der Waals surface area contributed by atoms with Gasteiger partial charge in [0.25, 0.3) is 5.91 Å². The second-order valence-corrected chi connectivity index (χ2v) is 8.62. The van der Waals surface area contributed by atoms with E-state index in [9.17, 15) is 23.1 Å². The Morgan fingerprint density at radius 2 is 1.88 bits per heavy atom. The number of carboxylic acids is 1. The summed E-state index contributed by atoms with van der Waals surface area (Å²) in [4.78, 5) is 26.0. The molecule has 8 heteroatoms. The second kappa shape index (κ2) is 7.36. The molecular formula is C18H26N2O5S. The molecule has 1 N–H and O–H groups in total. The molecule has 7 nitrogen and oxygen atoms in total. The maximum absolute atomic E-state index is 12.9. The summed E-state index contributed by atoms with van der Waals surface area (Å²) in [6.07, 6.45) is 0.982. The molecule has 1 aliphatic heterocycles. The third kappa shape index (κ3) is 3.35. The maximum Gasteiger partial charge on any atom is 0.329 e. The lowest BCUT2D eigenvalue weighted by atomic mass is 9.98. The van der Waals surface area contributed by atoms with Crippen LogP contribution < -0.4 is 0 Å². The van der Waals surface area contributed by atoms with Gasteiger partial charge in [-0.1, -0.05) is 19.9 Å². The van der Waals surface area contributed by atoms with Gasteiger partial charge >= 0.3 is 5.97 Å². The van der Waals surface area contributed by atoms with Gasteiger partial charge in [0.05, 0.1) is 4.90 Å². The number of rotatable bonds is 6. The Kier molecular flexibility index (Phi) is 5.77. The lowest BCUT2D eigenvalue weighted by molar-refractivity contribution is -0.147. The molecule has 0 saturated carbocycles. The van der Waals surface area contributed by atoms with Crippen LogP contribution in [0, 0.1) is 6.92 Å². The number of carbonyl (C=O) groups is 2. The molecule has 1 fully saturated rings. The minimum atomic E-state index is -3.71. The Balaban J connectivity index is 2.47. The zero-order chi connectivity index (χ0) is 19.7. The van der Waals surface area contributed by atoms with Gasteiger partial charge in [0.15, 0.2) is 0 Å². The van der Waals surface area contributed by atoms with Crippen molar-refractivity contribution < 1.29 is 23.1 Å². The van der Waals surface area contributed by atoms with Crippen LogP contribution in [0.3, 0.4) is 0 Å². The average Bonchev–Trinajstić information content (AvgIpc) is 2.98. The van der Waals surface area contributed by atoms with Crippen LogP contribution in [0.1, 0.15) is 49.5 Å². The molecule has 0 aromatic heterocycles. The Labute approximate surface area is 154 Å². The van der Waals surface area contributed by atoms with Gasteiger partial charge in [-0.05, 0) is 44.4 Å². The van der Waals surface area contributed by atoms with Gasteiger partial charge < -0.3 is 10.0 Å². The summed E-state index contributed by atoms with van der Waals surface area (Å²) in [7, 11) is -3.71. The van der Waals surface area contributed by atoms with Crippen LogP contribution in [0.2, 0.25) is 0 Å². The van der Waals surface area contributed by atoms with Crippen molar-refractivity contribution in [2.75, 3.05) is 19.6 Å². The van der Waals surface area contributed by atoms with Gasteiger partial charge in [-0.3, -0.25) is 4.79 Å². The topological polar surface area (TPSA) is 95.0 Å². The highest BCUT2D eigenvalue weighted by molar-refractivity contribution is 7.89. The maximum atomic E-state index is 12.9. The molecule has 1 saturated heterocycles. The zero-order valence-corrected chi connectivity index (χ0v) is 16.5. The number of nitrogens with zero attached hydrogens (tertiary/aromatic N) is 2. The third-order valence-electron chi connectivity index (χ3n) is 5.11. The smallest absolute Gasteiger partial charge is 0.329 e. The van der Waals surface area contributed by atoms with E-state index in [0.717, 1.165) is 0 Å². The largest absolute Gasteiger partial charge is 0.480 e. The van der Waals surface area contributed by atoms with Crippen molar-refractivity contribution in [2.24, 2.45) is 0 Å². The molecule has 26 heavy (non-hydrogen) atoms. The molecule has 1 atom stereocenters. The van der Waals surface area contributed by atoms with Crippen molar-refractivity contribution in [1.82, 2.24) is 9.21 Å². The molecule has 0 radical (unpaired) electrons. The first-order valence-corrected chi connectivity index (χ1v) is 10.2. The highest BCUT2D eigenvalue weighted by Crippen LogP contribution is 2.31. The fourth-order valence-corrected chi connectivity index (χ4v) is 5.09. The van der Waals surface area contributed by atoms with E-state index in [1.807, 2.05) is 0 Å². The summed E-state index contributed by atoms with van der Waals surface area (Å²) in [6, 6.07) is 4.52. The molecule has 1 unspecified atom stereocenters. The van der Waals surface area contributed by atoms with Crippen LogP contribution in [-0.2, 0) is 14.8 Å². The van der Waals surface area contributed by atoms with E-state index in [-0.39, 0.29) is 10.5 Å². The van der Waals surface area contributed by atoms with Gasteiger partial charge in [0.2, 0.25) is 10.0 Å². The zero-order valence-electron chi connectivity index (χ0n) is 15.7. The average molecular weight is 382 g/mol. The van der Waals surface area contributed by atoms with Crippen molar-refractivity contribution >= 4 is 21.9 Å². The van der Waals surface area contributed by atoms with E-state index < -0.39 is 27.4 Å². The van der Waals surface area contributed by atoms with Crippen LogP contribution in [0.15, 0.2) is 23.1 Å². The van der Waals surface area contributed by atoms with Gasteiger partial charge in [-0.25, -0.2) is 13.2 Å². The highest BCUT2D eigenvalue weighted by atomic mass is 32.2. The molecule has 144 valence electrons. The SMILES string of the molecule is CCN(CC)S(=O)(=O)c1cc(C(=O)N2CCCC2(C)C(=O)O)ccc1C. The molecule has 1 aromatic carbocycles. The number of sulfonamides is 1. The van der Waals surface area contributed by atoms with Gasteiger partial charge in [0, 0.05) is 25.2 Å². The Bertz CT molecular complexity index is 817. The minimum absolute atomic E-state index is 0.0864. The van der Waals surface area contributed by atoms with E-state index in [1.165, 1.54) is 22.2 Å². The van der Waals surface area contributed by atoms with Crippen molar-refractivity contribution in [3.8, 4) is 0 Å². The van der Waals surface area contributed by atoms with Crippen LogP contribution in [0.4, 0.5) is 0 Å². The summed E-state index contributed by atoms with van der Waals surface area (Å²) in [5, 5.41) is 9.51.